The van der Waals surface area contributed by atoms with E-state index >= 15 is 0 Å². The van der Waals surface area contributed by atoms with Crippen LogP contribution in [0.15, 0.2) is 36.7 Å². The van der Waals surface area contributed by atoms with Crippen molar-refractivity contribution in [2.75, 3.05) is 0 Å². The molecule has 0 radical (unpaired) electrons. The zero-order chi connectivity index (χ0) is 16.1. The molecule has 0 aliphatic rings. The fourth-order valence-electron chi connectivity index (χ4n) is 2.12. The fourth-order valence-corrected chi connectivity index (χ4v) is 2.12. The van der Waals surface area contributed by atoms with Crippen molar-refractivity contribution in [3.63, 3.8) is 0 Å². The molecule has 0 spiro atoms. The minimum absolute atomic E-state index is 0.0782. The molecule has 0 aliphatic heterocycles. The van der Waals surface area contributed by atoms with Crippen molar-refractivity contribution in [2.24, 2.45) is 0 Å². The number of nitrogens with zero attached hydrogens (tertiary/aromatic N) is 2. The molecule has 0 bridgehead atoms. The fraction of sp³-hybridized carbons (Fsp3) is 0.412. The van der Waals surface area contributed by atoms with Crippen molar-refractivity contribution in [3.8, 4) is 5.75 Å². The summed E-state index contributed by atoms with van der Waals surface area (Å²) in [6, 6.07) is 7.71. The maximum absolute atomic E-state index is 12.2. The Labute approximate surface area is 131 Å². The van der Waals surface area contributed by atoms with Gasteiger partial charge in [-0.3, -0.25) is 9.48 Å². The highest BCUT2D eigenvalue weighted by Gasteiger charge is 2.13. The van der Waals surface area contributed by atoms with Gasteiger partial charge < -0.3 is 10.1 Å². The molecule has 1 atom stereocenters. The second-order valence-electron chi connectivity index (χ2n) is 5.52. The van der Waals surface area contributed by atoms with Crippen molar-refractivity contribution in [3.05, 3.63) is 47.8 Å². The Kier molecular flexibility index (Phi) is 5.20. The van der Waals surface area contributed by atoms with Gasteiger partial charge in [0.25, 0.3) is 5.91 Å². The van der Waals surface area contributed by atoms with Crippen molar-refractivity contribution in [1.29, 1.82) is 0 Å². The van der Waals surface area contributed by atoms with Crippen LogP contribution in [0, 0.1) is 0 Å². The normalized spacial score (nSPS) is 12.2. The van der Waals surface area contributed by atoms with E-state index in [0.29, 0.717) is 5.56 Å². The molecule has 0 fully saturated rings. The molecule has 1 unspecified atom stereocenters. The molecule has 0 saturated heterocycles. The van der Waals surface area contributed by atoms with Gasteiger partial charge in [0.05, 0.1) is 23.9 Å². The Hall–Kier alpha value is -2.30. The number of hydrogen-bond donors (Lipinski definition) is 1. The summed E-state index contributed by atoms with van der Waals surface area (Å²) in [6.07, 6.45) is 3.49. The smallest absolute Gasteiger partial charge is 0.254 e. The monoisotopic (exact) mass is 301 g/mol. The van der Waals surface area contributed by atoms with Crippen LogP contribution in [0.4, 0.5) is 0 Å². The Morgan fingerprint density at radius 3 is 2.50 bits per heavy atom. The van der Waals surface area contributed by atoms with Crippen molar-refractivity contribution in [1.82, 2.24) is 15.1 Å². The van der Waals surface area contributed by atoms with Gasteiger partial charge >= 0.3 is 0 Å². The third kappa shape index (κ3) is 4.10. The number of aromatic nitrogens is 2. The largest absolute Gasteiger partial charge is 0.491 e. The Bertz CT molecular complexity index is 617. The van der Waals surface area contributed by atoms with Crippen LogP contribution >= 0.6 is 0 Å². The zero-order valence-corrected chi connectivity index (χ0v) is 13.5. The lowest BCUT2D eigenvalue weighted by atomic mass is 10.1. The van der Waals surface area contributed by atoms with E-state index in [1.165, 1.54) is 0 Å². The summed E-state index contributed by atoms with van der Waals surface area (Å²) in [5, 5.41) is 7.09. The first kappa shape index (κ1) is 16.1. The molecule has 5 heteroatoms. The van der Waals surface area contributed by atoms with Gasteiger partial charge in [-0.05, 0) is 45.4 Å². The second kappa shape index (κ2) is 7.11. The van der Waals surface area contributed by atoms with Gasteiger partial charge in [-0.25, -0.2) is 0 Å². The van der Waals surface area contributed by atoms with Crippen LogP contribution in [0.1, 0.15) is 49.7 Å². The summed E-state index contributed by atoms with van der Waals surface area (Å²) in [4.78, 5) is 12.2. The van der Waals surface area contributed by atoms with Gasteiger partial charge in [0, 0.05) is 12.7 Å². The van der Waals surface area contributed by atoms with E-state index < -0.39 is 0 Å². The number of ether oxygens (including phenoxy) is 1. The Morgan fingerprint density at radius 2 is 1.95 bits per heavy atom. The molecule has 5 nitrogen and oxygen atoms in total. The van der Waals surface area contributed by atoms with Gasteiger partial charge in [-0.2, -0.15) is 5.10 Å². The quantitative estimate of drug-likeness (QED) is 0.891. The molecule has 2 rings (SSSR count). The van der Waals surface area contributed by atoms with Crippen molar-refractivity contribution in [2.45, 2.75) is 46.4 Å². The lowest BCUT2D eigenvalue weighted by molar-refractivity contribution is 0.0940. The summed E-state index contributed by atoms with van der Waals surface area (Å²) < 4.78 is 7.35. The lowest BCUT2D eigenvalue weighted by Gasteiger charge is -2.15. The van der Waals surface area contributed by atoms with Gasteiger partial charge in [0.1, 0.15) is 5.75 Å². The number of carbonyl (C=O) groups is 1. The van der Waals surface area contributed by atoms with Crippen LogP contribution in [0.5, 0.6) is 5.75 Å². The SMILES string of the molecule is CCn1cc(C(=O)NC(C)c2ccc(OC(C)C)cc2)cn1. The van der Waals surface area contributed by atoms with E-state index in [2.05, 4.69) is 10.4 Å². The molecule has 1 aromatic heterocycles. The summed E-state index contributed by atoms with van der Waals surface area (Å²) in [5.41, 5.74) is 1.61. The molecular formula is C17H23N3O2. The summed E-state index contributed by atoms with van der Waals surface area (Å²) in [6.45, 7) is 8.68. The average Bonchev–Trinajstić information content (AvgIpc) is 2.96. The first-order valence-corrected chi connectivity index (χ1v) is 7.59. The molecule has 1 aromatic carbocycles. The summed E-state index contributed by atoms with van der Waals surface area (Å²) >= 11 is 0. The lowest BCUT2D eigenvalue weighted by Crippen LogP contribution is -2.26. The molecule has 1 N–H and O–H groups in total. The zero-order valence-electron chi connectivity index (χ0n) is 13.5. The first-order valence-electron chi connectivity index (χ1n) is 7.59. The van der Waals surface area contributed by atoms with E-state index in [4.69, 9.17) is 4.74 Å². The van der Waals surface area contributed by atoms with E-state index in [-0.39, 0.29) is 18.1 Å². The molecule has 22 heavy (non-hydrogen) atoms. The maximum Gasteiger partial charge on any atom is 0.254 e. The van der Waals surface area contributed by atoms with Gasteiger partial charge in [0.2, 0.25) is 0 Å². The van der Waals surface area contributed by atoms with Crippen LogP contribution < -0.4 is 10.1 Å². The first-order chi connectivity index (χ1) is 10.5. The number of hydrogen-bond acceptors (Lipinski definition) is 3. The molecule has 0 aliphatic carbocycles. The number of nitrogens with one attached hydrogen (secondary N) is 1. The molecular weight excluding hydrogens is 278 g/mol. The summed E-state index contributed by atoms with van der Waals surface area (Å²) in [7, 11) is 0. The molecule has 1 heterocycles. The van der Waals surface area contributed by atoms with Crippen LogP contribution in [-0.4, -0.2) is 21.8 Å². The predicted octanol–water partition coefficient (Wildman–Crippen LogP) is 3.18. The minimum Gasteiger partial charge on any atom is -0.491 e. The summed E-state index contributed by atoms with van der Waals surface area (Å²) in [5.74, 6) is 0.719. The van der Waals surface area contributed by atoms with Crippen LogP contribution in [0.2, 0.25) is 0 Å². The predicted molar refractivity (Wildman–Crippen MR) is 86.0 cm³/mol. The number of amides is 1. The highest BCUT2D eigenvalue weighted by molar-refractivity contribution is 5.93. The van der Waals surface area contributed by atoms with Crippen molar-refractivity contribution < 1.29 is 9.53 Å². The molecule has 0 saturated carbocycles. The number of aryl methyl sites for hydroxylation is 1. The molecule has 1 amide bonds. The van der Waals surface area contributed by atoms with E-state index in [1.807, 2.05) is 52.0 Å². The van der Waals surface area contributed by atoms with Crippen LogP contribution in [0.25, 0.3) is 0 Å². The maximum atomic E-state index is 12.2. The van der Waals surface area contributed by atoms with E-state index in [0.717, 1.165) is 17.9 Å². The third-order valence-electron chi connectivity index (χ3n) is 3.32. The minimum atomic E-state index is -0.116. The third-order valence-corrected chi connectivity index (χ3v) is 3.32. The van der Waals surface area contributed by atoms with Gasteiger partial charge in [-0.15, -0.1) is 0 Å². The van der Waals surface area contributed by atoms with Crippen molar-refractivity contribution >= 4 is 5.91 Å². The molecule has 118 valence electrons. The van der Waals surface area contributed by atoms with Crippen LogP contribution in [0.3, 0.4) is 0 Å². The highest BCUT2D eigenvalue weighted by atomic mass is 16.5. The second-order valence-corrected chi connectivity index (χ2v) is 5.52. The van der Waals surface area contributed by atoms with E-state index in [1.54, 1.807) is 17.1 Å². The van der Waals surface area contributed by atoms with Crippen LogP contribution in [-0.2, 0) is 6.54 Å². The average molecular weight is 301 g/mol. The Balaban J connectivity index is 1.99. The highest BCUT2D eigenvalue weighted by Crippen LogP contribution is 2.19. The van der Waals surface area contributed by atoms with Gasteiger partial charge in [-0.1, -0.05) is 12.1 Å². The number of benzene rings is 1. The standard InChI is InChI=1S/C17H23N3O2/c1-5-20-11-15(10-18-20)17(21)19-13(4)14-6-8-16(9-7-14)22-12(2)3/h6-13H,5H2,1-4H3,(H,19,21). The number of carbonyl (C=O) groups excluding carboxylic acids is 1. The van der Waals surface area contributed by atoms with Gasteiger partial charge in [0.15, 0.2) is 0 Å². The molecule has 2 aromatic rings. The number of rotatable bonds is 6. The Morgan fingerprint density at radius 1 is 1.27 bits per heavy atom. The van der Waals surface area contributed by atoms with E-state index in [9.17, 15) is 4.79 Å². The topological polar surface area (TPSA) is 56.2 Å².